The molecule has 0 atom stereocenters. The van der Waals surface area contributed by atoms with Crippen LogP contribution in [0.2, 0.25) is 0 Å². The number of hydrazone groups is 1. The number of nitrogens with one attached hydrogen (secondary N) is 2. The van der Waals surface area contributed by atoms with Gasteiger partial charge in [-0.05, 0) is 32.0 Å². The Morgan fingerprint density at radius 1 is 1.14 bits per heavy atom. The largest absolute Gasteiger partial charge is 0.344 e. The lowest BCUT2D eigenvalue weighted by Gasteiger charge is -2.08. The normalized spacial score (nSPS) is 11.3. The third kappa shape index (κ3) is 4.25. The SMILES string of the molecule is CC(C)n1cc(/C=N\NC(=O)CNC(=O)c2ccccc2F)c2ccccc21. The molecule has 0 fully saturated rings. The molecular formula is C21H21FN4O2. The smallest absolute Gasteiger partial charge is 0.259 e. The lowest BCUT2D eigenvalue weighted by molar-refractivity contribution is -0.120. The van der Waals surface area contributed by atoms with Crippen LogP contribution in [0.25, 0.3) is 10.9 Å². The van der Waals surface area contributed by atoms with E-state index in [1.54, 1.807) is 12.3 Å². The van der Waals surface area contributed by atoms with E-state index >= 15 is 0 Å². The third-order valence-corrected chi connectivity index (χ3v) is 4.25. The third-order valence-electron chi connectivity index (χ3n) is 4.25. The molecule has 0 radical (unpaired) electrons. The Hall–Kier alpha value is -3.48. The molecule has 2 N–H and O–H groups in total. The number of para-hydroxylation sites is 1. The first-order valence-electron chi connectivity index (χ1n) is 8.91. The predicted molar refractivity (Wildman–Crippen MR) is 107 cm³/mol. The number of amides is 2. The number of fused-ring (bicyclic) bond motifs is 1. The van der Waals surface area contributed by atoms with Crippen LogP contribution in [0.3, 0.4) is 0 Å². The number of carbonyl (C=O) groups is 2. The van der Waals surface area contributed by atoms with E-state index in [4.69, 9.17) is 0 Å². The van der Waals surface area contributed by atoms with Crippen molar-refractivity contribution in [3.63, 3.8) is 0 Å². The van der Waals surface area contributed by atoms with Gasteiger partial charge in [-0.25, -0.2) is 9.82 Å². The number of benzene rings is 2. The summed E-state index contributed by atoms with van der Waals surface area (Å²) in [6.07, 6.45) is 3.54. The van der Waals surface area contributed by atoms with Gasteiger partial charge < -0.3 is 9.88 Å². The van der Waals surface area contributed by atoms with E-state index in [0.717, 1.165) is 16.5 Å². The van der Waals surface area contributed by atoms with Gasteiger partial charge in [0.05, 0.1) is 18.3 Å². The van der Waals surface area contributed by atoms with Gasteiger partial charge in [0.1, 0.15) is 5.82 Å². The number of hydrogen-bond donors (Lipinski definition) is 2. The van der Waals surface area contributed by atoms with E-state index in [0.29, 0.717) is 0 Å². The minimum atomic E-state index is -0.655. The summed E-state index contributed by atoms with van der Waals surface area (Å²) in [6, 6.07) is 13.8. The summed E-state index contributed by atoms with van der Waals surface area (Å²) >= 11 is 0. The van der Waals surface area contributed by atoms with Crippen molar-refractivity contribution in [1.29, 1.82) is 0 Å². The average molecular weight is 380 g/mol. The molecule has 7 heteroatoms. The van der Waals surface area contributed by atoms with Crippen LogP contribution in [0.5, 0.6) is 0 Å². The van der Waals surface area contributed by atoms with Crippen LogP contribution in [0, 0.1) is 5.82 Å². The lowest BCUT2D eigenvalue weighted by Crippen LogP contribution is -2.35. The number of halogens is 1. The fourth-order valence-corrected chi connectivity index (χ4v) is 2.88. The summed E-state index contributed by atoms with van der Waals surface area (Å²) in [5.74, 6) is -1.80. The van der Waals surface area contributed by atoms with Gasteiger partial charge in [0, 0.05) is 28.7 Å². The van der Waals surface area contributed by atoms with Crippen LogP contribution in [0.4, 0.5) is 4.39 Å². The maximum atomic E-state index is 13.6. The Bertz CT molecular complexity index is 1040. The fourth-order valence-electron chi connectivity index (χ4n) is 2.88. The highest BCUT2D eigenvalue weighted by atomic mass is 19.1. The first kappa shape index (κ1) is 19.3. The lowest BCUT2D eigenvalue weighted by atomic mass is 10.2. The van der Waals surface area contributed by atoms with Gasteiger partial charge in [-0.3, -0.25) is 9.59 Å². The van der Waals surface area contributed by atoms with E-state index < -0.39 is 17.6 Å². The van der Waals surface area contributed by atoms with Gasteiger partial charge in [0.15, 0.2) is 0 Å². The number of aromatic nitrogens is 1. The van der Waals surface area contributed by atoms with Crippen molar-refractivity contribution in [2.45, 2.75) is 19.9 Å². The molecule has 0 saturated carbocycles. The maximum Gasteiger partial charge on any atom is 0.259 e. The van der Waals surface area contributed by atoms with E-state index in [1.807, 2.05) is 30.5 Å². The quantitative estimate of drug-likeness (QED) is 0.509. The Kier molecular flexibility index (Phi) is 5.84. The molecule has 0 unspecified atom stereocenters. The fraction of sp³-hybridized carbons (Fsp3) is 0.190. The van der Waals surface area contributed by atoms with Crippen LogP contribution in [-0.2, 0) is 4.79 Å². The van der Waals surface area contributed by atoms with Crippen molar-refractivity contribution < 1.29 is 14.0 Å². The van der Waals surface area contributed by atoms with Crippen molar-refractivity contribution in [3.8, 4) is 0 Å². The van der Waals surface area contributed by atoms with Crippen molar-refractivity contribution >= 4 is 28.9 Å². The van der Waals surface area contributed by atoms with Gasteiger partial charge >= 0.3 is 0 Å². The highest BCUT2D eigenvalue weighted by Crippen LogP contribution is 2.23. The van der Waals surface area contributed by atoms with Gasteiger partial charge in [0.25, 0.3) is 11.8 Å². The van der Waals surface area contributed by atoms with Gasteiger partial charge in [-0.15, -0.1) is 0 Å². The summed E-state index contributed by atoms with van der Waals surface area (Å²) in [7, 11) is 0. The summed E-state index contributed by atoms with van der Waals surface area (Å²) in [4.78, 5) is 23.8. The van der Waals surface area contributed by atoms with Crippen LogP contribution < -0.4 is 10.7 Å². The molecule has 6 nitrogen and oxygen atoms in total. The highest BCUT2D eigenvalue weighted by molar-refractivity contribution is 6.00. The molecule has 3 rings (SSSR count). The monoisotopic (exact) mass is 380 g/mol. The number of hydrogen-bond acceptors (Lipinski definition) is 3. The standard InChI is InChI=1S/C21H21FN4O2/c1-14(2)26-13-15(16-7-4-6-10-19(16)26)11-24-25-20(27)12-23-21(28)17-8-3-5-9-18(17)22/h3-11,13-14H,12H2,1-2H3,(H,23,28)(H,25,27)/b24-11-. The molecule has 2 aromatic carbocycles. The summed E-state index contributed by atoms with van der Waals surface area (Å²) in [6.45, 7) is 3.87. The second kappa shape index (κ2) is 8.47. The Balaban J connectivity index is 1.61. The molecule has 0 aliphatic carbocycles. The van der Waals surface area contributed by atoms with Gasteiger partial charge in [-0.2, -0.15) is 5.10 Å². The first-order chi connectivity index (χ1) is 13.5. The molecule has 0 saturated heterocycles. The van der Waals surface area contributed by atoms with Crippen LogP contribution >= 0.6 is 0 Å². The molecular weight excluding hydrogens is 359 g/mol. The predicted octanol–water partition coefficient (Wildman–Crippen LogP) is 3.24. The minimum absolute atomic E-state index is 0.111. The number of rotatable bonds is 6. The zero-order valence-corrected chi connectivity index (χ0v) is 15.6. The van der Waals surface area contributed by atoms with E-state index in [9.17, 15) is 14.0 Å². The van der Waals surface area contributed by atoms with Crippen molar-refractivity contribution in [2.75, 3.05) is 6.54 Å². The summed E-state index contributed by atoms with van der Waals surface area (Å²) < 4.78 is 15.7. The summed E-state index contributed by atoms with van der Waals surface area (Å²) in [5, 5.41) is 7.37. The van der Waals surface area contributed by atoms with Crippen LogP contribution in [-0.4, -0.2) is 29.1 Å². The molecule has 3 aromatic rings. The van der Waals surface area contributed by atoms with Crippen LogP contribution in [0.1, 0.15) is 35.8 Å². The van der Waals surface area contributed by atoms with Crippen LogP contribution in [0.15, 0.2) is 59.8 Å². The molecule has 0 aliphatic rings. The average Bonchev–Trinajstić information content (AvgIpc) is 3.06. The molecule has 0 aliphatic heterocycles. The van der Waals surface area contributed by atoms with E-state index in [1.165, 1.54) is 18.2 Å². The summed E-state index contributed by atoms with van der Waals surface area (Å²) in [5.41, 5.74) is 4.22. The number of nitrogens with zero attached hydrogens (tertiary/aromatic N) is 2. The molecule has 0 bridgehead atoms. The Labute approximate surface area is 162 Å². The molecule has 0 spiro atoms. The Morgan fingerprint density at radius 3 is 2.61 bits per heavy atom. The van der Waals surface area contributed by atoms with Gasteiger partial charge in [-0.1, -0.05) is 30.3 Å². The highest BCUT2D eigenvalue weighted by Gasteiger charge is 2.12. The first-order valence-corrected chi connectivity index (χ1v) is 8.91. The Morgan fingerprint density at radius 2 is 1.86 bits per heavy atom. The molecule has 144 valence electrons. The van der Waals surface area contributed by atoms with Crippen molar-refractivity contribution in [1.82, 2.24) is 15.3 Å². The topological polar surface area (TPSA) is 75.5 Å². The van der Waals surface area contributed by atoms with E-state index in [-0.39, 0.29) is 18.2 Å². The van der Waals surface area contributed by atoms with Gasteiger partial charge in [0.2, 0.25) is 0 Å². The maximum absolute atomic E-state index is 13.6. The molecule has 28 heavy (non-hydrogen) atoms. The molecule has 1 aromatic heterocycles. The number of carbonyl (C=O) groups excluding carboxylic acids is 2. The zero-order valence-electron chi connectivity index (χ0n) is 15.6. The second-order valence-electron chi connectivity index (χ2n) is 6.56. The molecule has 1 heterocycles. The minimum Gasteiger partial charge on any atom is -0.344 e. The van der Waals surface area contributed by atoms with Crippen molar-refractivity contribution in [2.24, 2.45) is 5.10 Å². The second-order valence-corrected chi connectivity index (χ2v) is 6.56. The molecule has 2 amide bonds. The van der Waals surface area contributed by atoms with E-state index in [2.05, 4.69) is 34.3 Å². The van der Waals surface area contributed by atoms with Crippen molar-refractivity contribution in [3.05, 3.63) is 71.7 Å². The zero-order chi connectivity index (χ0) is 20.1.